The maximum Gasteiger partial charge on any atom is 0.0453 e. The largest absolute Gasteiger partial charge is 0.317 e. The van der Waals surface area contributed by atoms with Crippen LogP contribution in [-0.2, 0) is 6.42 Å². The van der Waals surface area contributed by atoms with Crippen molar-refractivity contribution in [2.24, 2.45) is 5.92 Å². The van der Waals surface area contributed by atoms with Crippen LogP contribution in [0.2, 0.25) is 10.0 Å². The van der Waals surface area contributed by atoms with Crippen LogP contribution < -0.4 is 5.32 Å². The molecule has 1 nitrogen and oxygen atoms in total. The summed E-state index contributed by atoms with van der Waals surface area (Å²) in [6.45, 7) is 4.51. The minimum absolute atomic E-state index is 0.476. The van der Waals surface area contributed by atoms with Crippen LogP contribution in [0, 0.1) is 5.92 Å². The van der Waals surface area contributed by atoms with Gasteiger partial charge in [0.2, 0.25) is 0 Å². The van der Waals surface area contributed by atoms with E-state index in [-0.39, 0.29) is 0 Å². The van der Waals surface area contributed by atoms with Crippen molar-refractivity contribution in [1.29, 1.82) is 0 Å². The summed E-state index contributed by atoms with van der Waals surface area (Å²) in [6, 6.07) is 6.21. The molecule has 0 aliphatic rings. The Hall–Kier alpha value is -0.240. The van der Waals surface area contributed by atoms with Gasteiger partial charge in [-0.2, -0.15) is 0 Å². The first kappa shape index (κ1) is 14.8. The van der Waals surface area contributed by atoms with E-state index in [0.29, 0.717) is 11.1 Å². The molecule has 2 atom stereocenters. The Balaban J connectivity index is 2.67. The highest BCUT2D eigenvalue weighted by Gasteiger charge is 2.13. The van der Waals surface area contributed by atoms with Crippen LogP contribution in [0.15, 0.2) is 18.2 Å². The van der Waals surface area contributed by atoms with Gasteiger partial charge in [-0.1, -0.05) is 49.5 Å². The summed E-state index contributed by atoms with van der Waals surface area (Å²) in [5, 5.41) is 4.83. The second-order valence-electron chi connectivity index (χ2n) is 4.67. The summed E-state index contributed by atoms with van der Waals surface area (Å²) < 4.78 is 0. The molecule has 0 aromatic heterocycles. The molecule has 0 saturated heterocycles. The van der Waals surface area contributed by atoms with Crippen molar-refractivity contribution in [3.05, 3.63) is 33.8 Å². The summed E-state index contributed by atoms with van der Waals surface area (Å²) in [6.07, 6.45) is 3.34. The van der Waals surface area contributed by atoms with Crippen molar-refractivity contribution in [1.82, 2.24) is 5.32 Å². The van der Waals surface area contributed by atoms with Crippen LogP contribution in [0.4, 0.5) is 0 Å². The number of likely N-dealkylation sites (N-methyl/N-ethyl adjacent to an activating group) is 1. The van der Waals surface area contributed by atoms with Gasteiger partial charge in [0.25, 0.3) is 0 Å². The van der Waals surface area contributed by atoms with Crippen LogP contribution in [0.3, 0.4) is 0 Å². The summed E-state index contributed by atoms with van der Waals surface area (Å²) in [5.74, 6) is 0.735. The van der Waals surface area contributed by atoms with E-state index in [1.165, 1.54) is 18.4 Å². The van der Waals surface area contributed by atoms with Crippen LogP contribution in [0.5, 0.6) is 0 Å². The van der Waals surface area contributed by atoms with E-state index < -0.39 is 0 Å². The zero-order valence-corrected chi connectivity index (χ0v) is 12.3. The Morgan fingerprint density at radius 2 is 2.00 bits per heavy atom. The second-order valence-corrected chi connectivity index (χ2v) is 5.52. The number of nitrogens with one attached hydrogen (secondary N) is 1. The average Bonchev–Trinajstić information content (AvgIpc) is 2.31. The molecule has 0 radical (unpaired) electrons. The topological polar surface area (TPSA) is 12.0 Å². The van der Waals surface area contributed by atoms with Gasteiger partial charge in [-0.05, 0) is 43.5 Å². The fourth-order valence-electron chi connectivity index (χ4n) is 1.91. The van der Waals surface area contributed by atoms with Crippen LogP contribution >= 0.6 is 23.2 Å². The molecule has 3 heteroatoms. The molecular weight excluding hydrogens is 253 g/mol. The number of hydrogen-bond acceptors (Lipinski definition) is 1. The standard InChI is InChI=1S/C14H21Cl2N/c1-4-10(2)7-13(17-3)8-11-5-6-12(15)9-14(11)16/h5-6,9-10,13,17H,4,7-8H2,1-3H3. The maximum absolute atomic E-state index is 6.19. The predicted molar refractivity (Wildman–Crippen MR) is 77.1 cm³/mol. The lowest BCUT2D eigenvalue weighted by atomic mass is 9.95. The Morgan fingerprint density at radius 3 is 2.53 bits per heavy atom. The Morgan fingerprint density at radius 1 is 1.29 bits per heavy atom. The monoisotopic (exact) mass is 273 g/mol. The molecule has 1 rings (SSSR count). The van der Waals surface area contributed by atoms with E-state index in [0.717, 1.165) is 17.4 Å². The third-order valence-corrected chi connectivity index (χ3v) is 3.86. The minimum Gasteiger partial charge on any atom is -0.317 e. The Kier molecular flexibility index (Phi) is 6.32. The van der Waals surface area contributed by atoms with Crippen LogP contribution in [0.25, 0.3) is 0 Å². The molecule has 1 aromatic rings. The fourth-order valence-corrected chi connectivity index (χ4v) is 2.39. The molecule has 1 aromatic carbocycles. The van der Waals surface area contributed by atoms with Crippen molar-refractivity contribution in [3.63, 3.8) is 0 Å². The van der Waals surface area contributed by atoms with Gasteiger partial charge in [0.1, 0.15) is 0 Å². The Labute approximate surface area is 115 Å². The zero-order chi connectivity index (χ0) is 12.8. The van der Waals surface area contributed by atoms with Gasteiger partial charge in [0.15, 0.2) is 0 Å². The number of hydrogen-bond donors (Lipinski definition) is 1. The first-order valence-corrected chi connectivity index (χ1v) is 6.93. The lowest BCUT2D eigenvalue weighted by Crippen LogP contribution is -2.29. The predicted octanol–water partition coefficient (Wildman–Crippen LogP) is 4.56. The fraction of sp³-hybridized carbons (Fsp3) is 0.571. The van der Waals surface area contributed by atoms with Crippen molar-refractivity contribution in [2.75, 3.05) is 7.05 Å². The van der Waals surface area contributed by atoms with Crippen LogP contribution in [0.1, 0.15) is 32.3 Å². The van der Waals surface area contributed by atoms with Gasteiger partial charge < -0.3 is 5.32 Å². The zero-order valence-electron chi connectivity index (χ0n) is 10.8. The van der Waals surface area contributed by atoms with Gasteiger partial charge in [-0.3, -0.25) is 0 Å². The van der Waals surface area contributed by atoms with E-state index in [1.807, 2.05) is 25.2 Å². The van der Waals surface area contributed by atoms with E-state index >= 15 is 0 Å². The highest BCUT2D eigenvalue weighted by atomic mass is 35.5. The van der Waals surface area contributed by atoms with E-state index in [9.17, 15) is 0 Å². The molecule has 0 aliphatic heterocycles. The molecule has 0 saturated carbocycles. The van der Waals surface area contributed by atoms with Gasteiger partial charge in [0.05, 0.1) is 0 Å². The van der Waals surface area contributed by atoms with Crippen molar-refractivity contribution >= 4 is 23.2 Å². The molecule has 2 unspecified atom stereocenters. The molecule has 1 N–H and O–H groups in total. The third-order valence-electron chi connectivity index (χ3n) is 3.27. The number of benzene rings is 1. The Bertz CT molecular complexity index is 352. The minimum atomic E-state index is 0.476. The summed E-state index contributed by atoms with van der Waals surface area (Å²) in [5.41, 5.74) is 1.17. The quantitative estimate of drug-likeness (QED) is 0.801. The van der Waals surface area contributed by atoms with Crippen molar-refractivity contribution in [2.45, 2.75) is 39.2 Å². The first-order chi connectivity index (χ1) is 8.06. The van der Waals surface area contributed by atoms with Crippen molar-refractivity contribution in [3.8, 4) is 0 Å². The lowest BCUT2D eigenvalue weighted by molar-refractivity contribution is 0.410. The molecular formula is C14H21Cl2N. The maximum atomic E-state index is 6.19. The normalized spacial score (nSPS) is 14.6. The molecule has 0 bridgehead atoms. The van der Waals surface area contributed by atoms with Crippen LogP contribution in [-0.4, -0.2) is 13.1 Å². The molecule has 0 aliphatic carbocycles. The first-order valence-electron chi connectivity index (χ1n) is 6.18. The summed E-state index contributed by atoms with van der Waals surface area (Å²) >= 11 is 12.1. The molecule has 0 heterocycles. The molecule has 96 valence electrons. The van der Waals surface area contributed by atoms with Crippen molar-refractivity contribution < 1.29 is 0 Å². The van der Waals surface area contributed by atoms with E-state index in [1.54, 1.807) is 0 Å². The average molecular weight is 274 g/mol. The molecule has 0 spiro atoms. The smallest absolute Gasteiger partial charge is 0.0453 e. The second kappa shape index (κ2) is 7.25. The highest BCUT2D eigenvalue weighted by molar-refractivity contribution is 6.35. The SMILES string of the molecule is CCC(C)CC(Cc1ccc(Cl)cc1Cl)NC. The summed E-state index contributed by atoms with van der Waals surface area (Å²) in [4.78, 5) is 0. The number of halogens is 2. The highest BCUT2D eigenvalue weighted by Crippen LogP contribution is 2.23. The lowest BCUT2D eigenvalue weighted by Gasteiger charge is -2.20. The molecule has 0 amide bonds. The van der Waals surface area contributed by atoms with E-state index in [2.05, 4.69) is 19.2 Å². The van der Waals surface area contributed by atoms with Gasteiger partial charge in [-0.15, -0.1) is 0 Å². The van der Waals surface area contributed by atoms with E-state index in [4.69, 9.17) is 23.2 Å². The van der Waals surface area contributed by atoms with Gasteiger partial charge in [0, 0.05) is 16.1 Å². The van der Waals surface area contributed by atoms with Gasteiger partial charge >= 0.3 is 0 Å². The molecule has 0 fully saturated rings. The third kappa shape index (κ3) is 4.87. The van der Waals surface area contributed by atoms with Gasteiger partial charge in [-0.25, -0.2) is 0 Å². The number of rotatable bonds is 6. The molecule has 17 heavy (non-hydrogen) atoms. The summed E-state index contributed by atoms with van der Waals surface area (Å²) in [7, 11) is 2.01.